The lowest BCUT2D eigenvalue weighted by Gasteiger charge is -2.18. The fourth-order valence-corrected chi connectivity index (χ4v) is 2.48. The average molecular weight is 282 g/mol. The van der Waals surface area contributed by atoms with Crippen molar-refractivity contribution in [3.8, 4) is 5.75 Å². The third-order valence-corrected chi connectivity index (χ3v) is 3.78. The quantitative estimate of drug-likeness (QED) is 0.940. The molecule has 1 aromatic carbocycles. The number of carboxylic acid groups (broad SMARTS) is 1. The highest BCUT2D eigenvalue weighted by Gasteiger charge is 2.33. The molecule has 1 aromatic heterocycles. The number of rotatable bonds is 3. The zero-order chi connectivity index (χ0) is 14.4. The maximum atomic E-state index is 11.5. The van der Waals surface area contributed by atoms with Gasteiger partial charge in [0.2, 0.25) is 0 Å². The molecule has 102 valence electrons. The van der Waals surface area contributed by atoms with Crippen molar-refractivity contribution >= 4 is 28.5 Å². The van der Waals surface area contributed by atoms with Gasteiger partial charge in [-0.05, 0) is 31.5 Å². The first kappa shape index (κ1) is 13.7. The van der Waals surface area contributed by atoms with Gasteiger partial charge in [-0.2, -0.15) is 0 Å². The van der Waals surface area contributed by atoms with Crippen molar-refractivity contribution in [1.82, 2.24) is 4.57 Å². The molecule has 0 bridgehead atoms. The van der Waals surface area contributed by atoms with E-state index in [1.807, 2.05) is 11.6 Å². The van der Waals surface area contributed by atoms with Crippen LogP contribution in [0.3, 0.4) is 0 Å². The molecule has 0 amide bonds. The summed E-state index contributed by atoms with van der Waals surface area (Å²) in [4.78, 5) is 11.5. The Labute approximate surface area is 116 Å². The number of hydrogen-bond donors (Lipinski definition) is 1. The monoisotopic (exact) mass is 281 g/mol. The van der Waals surface area contributed by atoms with E-state index in [4.69, 9.17) is 16.3 Å². The van der Waals surface area contributed by atoms with Gasteiger partial charge < -0.3 is 14.4 Å². The maximum Gasteiger partial charge on any atom is 0.313 e. The molecule has 0 saturated heterocycles. The molecule has 0 saturated carbocycles. The van der Waals surface area contributed by atoms with Gasteiger partial charge in [0.15, 0.2) is 0 Å². The summed E-state index contributed by atoms with van der Waals surface area (Å²) in [7, 11) is 3.43. The normalized spacial score (nSPS) is 11.8. The van der Waals surface area contributed by atoms with Crippen molar-refractivity contribution in [1.29, 1.82) is 0 Å². The third-order valence-electron chi connectivity index (χ3n) is 3.46. The Morgan fingerprint density at radius 1 is 1.42 bits per heavy atom. The van der Waals surface area contributed by atoms with Gasteiger partial charge in [-0.3, -0.25) is 4.79 Å². The second-order valence-corrected chi connectivity index (χ2v) is 5.46. The molecule has 0 atom stereocenters. The van der Waals surface area contributed by atoms with E-state index in [0.717, 1.165) is 10.9 Å². The highest BCUT2D eigenvalue weighted by molar-refractivity contribution is 6.36. The zero-order valence-electron chi connectivity index (χ0n) is 11.3. The fraction of sp³-hybridized carbons (Fsp3) is 0.357. The lowest BCUT2D eigenvalue weighted by molar-refractivity contribution is -0.142. The average Bonchev–Trinajstić information content (AvgIpc) is 2.70. The Kier molecular flexibility index (Phi) is 3.22. The zero-order valence-corrected chi connectivity index (χ0v) is 12.1. The van der Waals surface area contributed by atoms with Crippen LogP contribution in [0.5, 0.6) is 5.75 Å². The van der Waals surface area contributed by atoms with Crippen LogP contribution in [0.4, 0.5) is 0 Å². The maximum absolute atomic E-state index is 11.5. The molecule has 0 unspecified atom stereocenters. The van der Waals surface area contributed by atoms with Crippen LogP contribution in [0, 0.1) is 0 Å². The van der Waals surface area contributed by atoms with Gasteiger partial charge in [-0.15, -0.1) is 0 Å². The Balaban J connectivity index is 2.89. The molecular weight excluding hydrogens is 266 g/mol. The molecule has 0 fully saturated rings. The number of benzene rings is 1. The van der Waals surface area contributed by atoms with Crippen molar-refractivity contribution < 1.29 is 14.6 Å². The second-order valence-electron chi connectivity index (χ2n) is 5.06. The van der Waals surface area contributed by atoms with Crippen LogP contribution in [0.1, 0.15) is 19.4 Å². The number of carbonyl (C=O) groups is 1. The highest BCUT2D eigenvalue weighted by Crippen LogP contribution is 2.40. The van der Waals surface area contributed by atoms with E-state index in [9.17, 15) is 9.90 Å². The van der Waals surface area contributed by atoms with Gasteiger partial charge in [0.25, 0.3) is 0 Å². The van der Waals surface area contributed by atoms with Crippen molar-refractivity contribution in [2.24, 2.45) is 7.05 Å². The van der Waals surface area contributed by atoms with E-state index in [2.05, 4.69) is 0 Å². The summed E-state index contributed by atoms with van der Waals surface area (Å²) in [5, 5.41) is 10.7. The number of fused-ring (bicyclic) bond motifs is 1. The van der Waals surface area contributed by atoms with Crippen LogP contribution >= 0.6 is 11.6 Å². The SMILES string of the molecule is COc1ccc(Cl)c2c(C(C)(C)C(=O)O)cn(C)c12. The summed E-state index contributed by atoms with van der Waals surface area (Å²) >= 11 is 6.25. The van der Waals surface area contributed by atoms with E-state index < -0.39 is 11.4 Å². The minimum atomic E-state index is -1.02. The van der Waals surface area contributed by atoms with Gasteiger partial charge in [0, 0.05) is 18.6 Å². The Hall–Kier alpha value is -1.68. The van der Waals surface area contributed by atoms with E-state index in [0.29, 0.717) is 16.3 Å². The second kappa shape index (κ2) is 4.46. The predicted octanol–water partition coefficient (Wildman–Crippen LogP) is 3.20. The van der Waals surface area contributed by atoms with Crippen LogP contribution < -0.4 is 4.74 Å². The molecule has 2 aromatic rings. The van der Waals surface area contributed by atoms with E-state index in [1.165, 1.54) is 0 Å². The number of hydrogen-bond acceptors (Lipinski definition) is 2. The minimum absolute atomic E-state index is 0.528. The van der Waals surface area contributed by atoms with Crippen molar-refractivity contribution in [2.45, 2.75) is 19.3 Å². The molecule has 0 aliphatic rings. The number of ether oxygens (including phenoxy) is 1. The summed E-state index contributed by atoms with van der Waals surface area (Å²) < 4.78 is 7.17. The molecule has 0 aliphatic carbocycles. The number of methoxy groups -OCH3 is 1. The fourth-order valence-electron chi connectivity index (χ4n) is 2.23. The molecule has 0 spiro atoms. The number of aryl methyl sites for hydroxylation is 1. The Morgan fingerprint density at radius 2 is 2.05 bits per heavy atom. The molecule has 4 nitrogen and oxygen atoms in total. The van der Waals surface area contributed by atoms with Crippen molar-refractivity contribution in [3.05, 3.63) is 28.9 Å². The third kappa shape index (κ3) is 1.96. The standard InChI is InChI=1S/C14H16ClNO3/c1-14(2,13(17)18)8-7-16(3)12-10(19-4)6-5-9(15)11(8)12/h5-7H,1-4H3,(H,17,18). The van der Waals surface area contributed by atoms with Crippen molar-refractivity contribution in [2.75, 3.05) is 7.11 Å². The number of halogens is 1. The summed E-state index contributed by atoms with van der Waals surface area (Å²) in [6.45, 7) is 3.33. The van der Waals surface area contributed by atoms with Gasteiger partial charge in [0.1, 0.15) is 5.75 Å². The minimum Gasteiger partial charge on any atom is -0.495 e. The lowest BCUT2D eigenvalue weighted by atomic mass is 9.84. The van der Waals surface area contributed by atoms with Crippen LogP contribution in [0.15, 0.2) is 18.3 Å². The molecule has 0 aliphatic heterocycles. The molecule has 5 heteroatoms. The molecule has 2 rings (SSSR count). The first-order valence-corrected chi connectivity index (χ1v) is 6.24. The van der Waals surface area contributed by atoms with E-state index in [1.54, 1.807) is 39.3 Å². The Morgan fingerprint density at radius 3 is 2.58 bits per heavy atom. The van der Waals surface area contributed by atoms with E-state index >= 15 is 0 Å². The van der Waals surface area contributed by atoms with Gasteiger partial charge >= 0.3 is 5.97 Å². The van der Waals surface area contributed by atoms with Gasteiger partial charge in [-0.25, -0.2) is 0 Å². The largest absolute Gasteiger partial charge is 0.495 e. The highest BCUT2D eigenvalue weighted by atomic mass is 35.5. The van der Waals surface area contributed by atoms with Gasteiger partial charge in [0.05, 0.1) is 23.1 Å². The number of carboxylic acids is 1. The number of nitrogens with zero attached hydrogens (tertiary/aromatic N) is 1. The van der Waals surface area contributed by atoms with Crippen LogP contribution in [0.2, 0.25) is 5.02 Å². The number of aromatic nitrogens is 1. The molecule has 19 heavy (non-hydrogen) atoms. The summed E-state index contributed by atoms with van der Waals surface area (Å²) in [5.74, 6) is -0.215. The molecule has 0 radical (unpaired) electrons. The smallest absolute Gasteiger partial charge is 0.313 e. The first-order chi connectivity index (χ1) is 8.80. The molecular formula is C14H16ClNO3. The summed E-state index contributed by atoms with van der Waals surface area (Å²) in [6, 6.07) is 3.51. The summed E-state index contributed by atoms with van der Waals surface area (Å²) in [5.41, 5.74) is 0.468. The first-order valence-electron chi connectivity index (χ1n) is 5.86. The van der Waals surface area contributed by atoms with Crippen LogP contribution in [-0.2, 0) is 17.3 Å². The number of aliphatic carboxylic acids is 1. The van der Waals surface area contributed by atoms with E-state index in [-0.39, 0.29) is 0 Å². The van der Waals surface area contributed by atoms with Crippen molar-refractivity contribution in [3.63, 3.8) is 0 Å². The summed E-state index contributed by atoms with van der Waals surface area (Å²) in [6.07, 6.45) is 1.80. The lowest BCUT2D eigenvalue weighted by Crippen LogP contribution is -2.28. The molecule has 1 N–H and O–H groups in total. The van der Waals surface area contributed by atoms with Crippen LogP contribution in [-0.4, -0.2) is 22.8 Å². The van der Waals surface area contributed by atoms with Gasteiger partial charge in [-0.1, -0.05) is 11.6 Å². The predicted molar refractivity (Wildman–Crippen MR) is 75.1 cm³/mol. The van der Waals surface area contributed by atoms with Crippen LogP contribution in [0.25, 0.3) is 10.9 Å². The molecule has 1 heterocycles. The Bertz CT molecular complexity index is 658. The topological polar surface area (TPSA) is 51.5 Å².